The van der Waals surface area contributed by atoms with E-state index >= 15 is 0 Å². The summed E-state index contributed by atoms with van der Waals surface area (Å²) in [5, 5.41) is 0. The van der Waals surface area contributed by atoms with Gasteiger partial charge in [-0.15, -0.1) is 0 Å². The van der Waals surface area contributed by atoms with Gasteiger partial charge in [0.1, 0.15) is 13.2 Å². The summed E-state index contributed by atoms with van der Waals surface area (Å²) in [7, 11) is 0. The Morgan fingerprint density at radius 1 is 0.299 bits per heavy atom. The van der Waals surface area contributed by atoms with Crippen molar-refractivity contribution in [3.63, 3.8) is 0 Å². The first-order valence-electron chi connectivity index (χ1n) is 28.1. The molecule has 0 saturated carbocycles. The summed E-state index contributed by atoms with van der Waals surface area (Å²) in [6.07, 6.45) is 71.4. The number of esters is 3. The fraction of sp³-hybridized carbons (Fsp3) is 0.721. The molecule has 0 saturated heterocycles. The van der Waals surface area contributed by atoms with E-state index in [1.165, 1.54) is 128 Å². The van der Waals surface area contributed by atoms with Crippen LogP contribution in [-0.4, -0.2) is 37.2 Å². The molecule has 0 aromatic rings. The van der Waals surface area contributed by atoms with Gasteiger partial charge in [-0.3, -0.25) is 14.4 Å². The highest BCUT2D eigenvalue weighted by molar-refractivity contribution is 5.71. The summed E-state index contributed by atoms with van der Waals surface area (Å²) in [5.74, 6) is -0.957. The van der Waals surface area contributed by atoms with Crippen molar-refractivity contribution in [3.05, 3.63) is 85.1 Å². The van der Waals surface area contributed by atoms with Crippen LogP contribution in [0.2, 0.25) is 0 Å². The standard InChI is InChI=1S/C61H104O6/c1-4-7-10-13-16-19-22-25-28-29-30-31-34-36-39-42-45-48-51-54-60(63)66-57-58(67-61(64)55-52-49-46-43-40-37-33-27-24-21-18-15-12-9-6-3)56-65-59(62)53-50-47-44-41-38-35-32-26-23-20-17-14-11-8-5-2/h16,18-19,21,25-28,30-33,40,43,58H,4-15,17,20,22-24,29,34-39,41-42,44-57H2,1-3H3/b19-16-,21-18-,28-25-,31-30-,32-26-,33-27-,43-40-/t58-/m1/s1. The predicted octanol–water partition coefficient (Wildman–Crippen LogP) is 18.8. The van der Waals surface area contributed by atoms with Crippen LogP contribution in [-0.2, 0) is 28.6 Å². The second kappa shape index (κ2) is 55.2. The Kier molecular flexibility index (Phi) is 52.4. The Hall–Kier alpha value is -3.41. The van der Waals surface area contributed by atoms with E-state index in [9.17, 15) is 14.4 Å². The highest BCUT2D eigenvalue weighted by atomic mass is 16.6. The van der Waals surface area contributed by atoms with E-state index in [-0.39, 0.29) is 37.5 Å². The SMILES string of the molecule is CCCCC/C=C\C/C=C\C/C=C\CCCCCCCCC(=O)OC[C@@H](COC(=O)CCCCCCC/C=C\CCCCCCCC)OC(=O)CCCC/C=C\C/C=C\C/C=C\CCCCC. The van der Waals surface area contributed by atoms with Gasteiger partial charge >= 0.3 is 17.9 Å². The van der Waals surface area contributed by atoms with Gasteiger partial charge in [0.25, 0.3) is 0 Å². The number of carbonyl (C=O) groups excluding carboxylic acids is 3. The van der Waals surface area contributed by atoms with Crippen LogP contribution < -0.4 is 0 Å². The van der Waals surface area contributed by atoms with Crippen LogP contribution in [0.1, 0.15) is 265 Å². The molecule has 0 radical (unpaired) electrons. The quantitative estimate of drug-likeness (QED) is 0.0262. The summed E-state index contributed by atoms with van der Waals surface area (Å²) in [4.78, 5) is 38.1. The van der Waals surface area contributed by atoms with Gasteiger partial charge in [0.05, 0.1) is 0 Å². The second-order valence-corrected chi connectivity index (χ2v) is 18.5. The minimum atomic E-state index is -0.806. The second-order valence-electron chi connectivity index (χ2n) is 18.5. The number of ether oxygens (including phenoxy) is 3. The van der Waals surface area contributed by atoms with Crippen molar-refractivity contribution >= 4 is 17.9 Å². The van der Waals surface area contributed by atoms with Gasteiger partial charge in [0.2, 0.25) is 0 Å². The average molecular weight is 933 g/mol. The van der Waals surface area contributed by atoms with Crippen molar-refractivity contribution in [2.45, 2.75) is 271 Å². The molecule has 0 aliphatic rings. The number of allylic oxidation sites excluding steroid dienone is 14. The lowest BCUT2D eigenvalue weighted by Crippen LogP contribution is -2.30. The third-order valence-electron chi connectivity index (χ3n) is 11.8. The normalized spacial score (nSPS) is 12.7. The van der Waals surface area contributed by atoms with Crippen LogP contribution in [0.25, 0.3) is 0 Å². The molecule has 0 amide bonds. The number of rotatable bonds is 50. The van der Waals surface area contributed by atoms with Crippen LogP contribution in [0.3, 0.4) is 0 Å². The van der Waals surface area contributed by atoms with Gasteiger partial charge in [-0.1, -0.05) is 209 Å². The molecular formula is C61H104O6. The highest BCUT2D eigenvalue weighted by Crippen LogP contribution is 2.13. The molecule has 0 rings (SSSR count). The zero-order valence-corrected chi connectivity index (χ0v) is 43.9. The molecule has 0 bridgehead atoms. The van der Waals surface area contributed by atoms with Crippen LogP contribution >= 0.6 is 0 Å². The Labute approximate surface area is 414 Å². The number of unbranched alkanes of at least 4 members (excludes halogenated alkanes) is 25. The number of carbonyl (C=O) groups is 3. The van der Waals surface area contributed by atoms with Crippen molar-refractivity contribution in [1.29, 1.82) is 0 Å². The zero-order valence-electron chi connectivity index (χ0n) is 43.9. The Morgan fingerprint density at radius 3 is 0.910 bits per heavy atom. The molecular weight excluding hydrogens is 829 g/mol. The smallest absolute Gasteiger partial charge is 0.306 e. The molecule has 0 aromatic heterocycles. The van der Waals surface area contributed by atoms with E-state index in [1.54, 1.807) is 0 Å². The maximum atomic E-state index is 12.8. The van der Waals surface area contributed by atoms with Gasteiger partial charge in [0.15, 0.2) is 6.10 Å². The molecule has 0 N–H and O–H groups in total. The van der Waals surface area contributed by atoms with Gasteiger partial charge in [-0.2, -0.15) is 0 Å². The van der Waals surface area contributed by atoms with E-state index in [0.29, 0.717) is 19.3 Å². The lowest BCUT2D eigenvalue weighted by atomic mass is 10.1. The fourth-order valence-electron chi connectivity index (χ4n) is 7.57. The van der Waals surface area contributed by atoms with E-state index < -0.39 is 6.10 Å². The monoisotopic (exact) mass is 933 g/mol. The molecule has 6 heteroatoms. The molecule has 0 heterocycles. The third kappa shape index (κ3) is 53.4. The minimum Gasteiger partial charge on any atom is -0.462 e. The Bertz CT molecular complexity index is 1300. The maximum Gasteiger partial charge on any atom is 0.306 e. The molecule has 0 aliphatic carbocycles. The first-order chi connectivity index (χ1) is 33.0. The third-order valence-corrected chi connectivity index (χ3v) is 11.8. The highest BCUT2D eigenvalue weighted by Gasteiger charge is 2.19. The molecule has 6 nitrogen and oxygen atoms in total. The first kappa shape index (κ1) is 63.6. The van der Waals surface area contributed by atoms with E-state index in [4.69, 9.17) is 14.2 Å². The van der Waals surface area contributed by atoms with Gasteiger partial charge in [0, 0.05) is 19.3 Å². The summed E-state index contributed by atoms with van der Waals surface area (Å²) in [5.41, 5.74) is 0. The predicted molar refractivity (Wildman–Crippen MR) is 288 cm³/mol. The summed E-state index contributed by atoms with van der Waals surface area (Å²) in [6.45, 7) is 6.53. The Balaban J connectivity index is 4.47. The van der Waals surface area contributed by atoms with E-state index in [0.717, 1.165) is 89.9 Å². The molecule has 1 atom stereocenters. The number of hydrogen-bond acceptors (Lipinski definition) is 6. The Morgan fingerprint density at radius 2 is 0.537 bits per heavy atom. The molecule has 67 heavy (non-hydrogen) atoms. The van der Waals surface area contributed by atoms with Crippen molar-refractivity contribution in [2.24, 2.45) is 0 Å². The topological polar surface area (TPSA) is 78.9 Å². The summed E-state index contributed by atoms with van der Waals surface area (Å²) in [6, 6.07) is 0. The largest absolute Gasteiger partial charge is 0.462 e. The van der Waals surface area contributed by atoms with Crippen molar-refractivity contribution in [2.75, 3.05) is 13.2 Å². The van der Waals surface area contributed by atoms with Crippen LogP contribution in [0.5, 0.6) is 0 Å². The molecule has 384 valence electrons. The van der Waals surface area contributed by atoms with Gasteiger partial charge in [-0.25, -0.2) is 0 Å². The average Bonchev–Trinajstić information content (AvgIpc) is 3.33. The lowest BCUT2D eigenvalue weighted by Gasteiger charge is -2.18. The fourth-order valence-corrected chi connectivity index (χ4v) is 7.57. The first-order valence-corrected chi connectivity index (χ1v) is 28.1. The van der Waals surface area contributed by atoms with E-state index in [2.05, 4.69) is 106 Å². The molecule has 0 aliphatic heterocycles. The summed E-state index contributed by atoms with van der Waals surface area (Å²) < 4.78 is 16.8. The molecule has 0 unspecified atom stereocenters. The lowest BCUT2D eigenvalue weighted by molar-refractivity contribution is -0.167. The van der Waals surface area contributed by atoms with Crippen molar-refractivity contribution in [1.82, 2.24) is 0 Å². The minimum absolute atomic E-state index is 0.101. The molecule has 0 spiro atoms. The van der Waals surface area contributed by atoms with Crippen molar-refractivity contribution in [3.8, 4) is 0 Å². The van der Waals surface area contributed by atoms with Crippen LogP contribution in [0.15, 0.2) is 85.1 Å². The zero-order chi connectivity index (χ0) is 48.6. The maximum absolute atomic E-state index is 12.8. The number of hydrogen-bond donors (Lipinski definition) is 0. The van der Waals surface area contributed by atoms with Crippen molar-refractivity contribution < 1.29 is 28.6 Å². The van der Waals surface area contributed by atoms with E-state index in [1.807, 2.05) is 0 Å². The molecule has 0 fully saturated rings. The van der Waals surface area contributed by atoms with Crippen LogP contribution in [0, 0.1) is 0 Å². The molecule has 0 aromatic carbocycles. The summed E-state index contributed by atoms with van der Waals surface area (Å²) >= 11 is 0. The van der Waals surface area contributed by atoms with Gasteiger partial charge in [-0.05, 0) is 122 Å². The van der Waals surface area contributed by atoms with Gasteiger partial charge < -0.3 is 14.2 Å². The van der Waals surface area contributed by atoms with Crippen LogP contribution in [0.4, 0.5) is 0 Å².